The van der Waals surface area contributed by atoms with Gasteiger partial charge in [-0.2, -0.15) is 4.57 Å². The van der Waals surface area contributed by atoms with Crippen LogP contribution in [0, 0.1) is 11.8 Å². The summed E-state index contributed by atoms with van der Waals surface area (Å²) in [7, 11) is 2.18. The Labute approximate surface area is 277 Å². The van der Waals surface area contributed by atoms with Crippen LogP contribution in [0.5, 0.6) is 0 Å². The number of hydrogen-bond acceptors (Lipinski definition) is 1. The summed E-state index contributed by atoms with van der Waals surface area (Å²) < 4.78 is 11.5. The molecule has 0 amide bonds. The molecule has 234 valence electrons. The third-order valence-corrected chi connectivity index (χ3v) is 11.6. The number of fused-ring (bicyclic) bond motifs is 4. The number of imidazole rings is 1. The maximum atomic E-state index is 6.77. The molecule has 0 saturated heterocycles. The molecule has 2 saturated carbocycles. The van der Waals surface area contributed by atoms with Crippen molar-refractivity contribution in [1.29, 1.82) is 0 Å². The second-order valence-electron chi connectivity index (χ2n) is 14.2. The van der Waals surface area contributed by atoms with Gasteiger partial charge in [-0.3, -0.25) is 0 Å². The lowest BCUT2D eigenvalue weighted by atomic mass is 9.70. The topological polar surface area (TPSA) is 21.9 Å². The summed E-state index contributed by atoms with van der Waals surface area (Å²) in [5, 5.41) is 2.29. The molecule has 2 fully saturated rings. The fourth-order valence-corrected chi connectivity index (χ4v) is 9.09. The van der Waals surface area contributed by atoms with Crippen molar-refractivity contribution in [3.8, 4) is 28.2 Å². The Hall–Kier alpha value is -4.63. The van der Waals surface area contributed by atoms with Crippen LogP contribution in [0.2, 0.25) is 0 Å². The summed E-state index contributed by atoms with van der Waals surface area (Å²) in [6.07, 6.45) is 12.8. The lowest BCUT2D eigenvalue weighted by Gasteiger charge is -2.36. The van der Waals surface area contributed by atoms with Gasteiger partial charge in [-0.25, -0.2) is 4.57 Å². The number of para-hydroxylation sites is 3. The van der Waals surface area contributed by atoms with Crippen molar-refractivity contribution in [2.75, 3.05) is 0 Å². The van der Waals surface area contributed by atoms with E-state index in [4.69, 9.17) is 4.42 Å². The van der Waals surface area contributed by atoms with Crippen LogP contribution in [0.1, 0.15) is 69.3 Å². The van der Waals surface area contributed by atoms with Crippen molar-refractivity contribution >= 4 is 33.0 Å². The zero-order valence-electron chi connectivity index (χ0n) is 27.4. The second-order valence-corrected chi connectivity index (χ2v) is 14.2. The molecule has 2 heterocycles. The average Bonchev–Trinajstić information content (AvgIpc) is 3.67. The van der Waals surface area contributed by atoms with E-state index >= 15 is 0 Å². The fraction of sp³-hybridized carbons (Fsp3) is 0.295. The Morgan fingerprint density at radius 2 is 1.36 bits per heavy atom. The van der Waals surface area contributed by atoms with E-state index in [0.29, 0.717) is 5.92 Å². The van der Waals surface area contributed by atoms with E-state index in [9.17, 15) is 0 Å². The van der Waals surface area contributed by atoms with Crippen molar-refractivity contribution in [3.63, 3.8) is 0 Å². The summed E-state index contributed by atoms with van der Waals surface area (Å²) in [5.41, 5.74) is 10.4. The molecule has 2 aliphatic carbocycles. The van der Waals surface area contributed by atoms with Crippen LogP contribution in [0.4, 0.5) is 0 Å². The normalized spacial score (nSPS) is 19.2. The lowest BCUT2D eigenvalue weighted by Crippen LogP contribution is -2.30. The molecule has 0 spiro atoms. The molecule has 9 rings (SSSR count). The molecule has 3 nitrogen and oxygen atoms in total. The monoisotopic (exact) mass is 615 g/mol. The predicted molar refractivity (Wildman–Crippen MR) is 194 cm³/mol. The van der Waals surface area contributed by atoms with E-state index in [1.165, 1.54) is 91.2 Å². The van der Waals surface area contributed by atoms with Gasteiger partial charge in [-0.05, 0) is 103 Å². The summed E-state index contributed by atoms with van der Waals surface area (Å²) >= 11 is 0. The highest BCUT2D eigenvalue weighted by Gasteiger charge is 2.31. The van der Waals surface area contributed by atoms with Gasteiger partial charge < -0.3 is 4.42 Å². The number of rotatable bonds is 5. The number of furan rings is 1. The third kappa shape index (κ3) is 4.99. The maximum absolute atomic E-state index is 6.77. The molecule has 0 N–H and O–H groups in total. The molecule has 0 atom stereocenters. The van der Waals surface area contributed by atoms with E-state index in [-0.39, 0.29) is 0 Å². The molecule has 5 aromatic carbocycles. The van der Waals surface area contributed by atoms with Crippen LogP contribution in [-0.4, -0.2) is 4.57 Å². The number of aryl methyl sites for hydroxylation is 1. The Morgan fingerprint density at radius 1 is 0.617 bits per heavy atom. The number of benzene rings is 5. The van der Waals surface area contributed by atoms with Crippen LogP contribution >= 0.6 is 0 Å². The Bertz CT molecular complexity index is 2190. The van der Waals surface area contributed by atoms with Crippen molar-refractivity contribution in [1.82, 2.24) is 4.57 Å². The summed E-state index contributed by atoms with van der Waals surface area (Å²) in [4.78, 5) is 0. The molecule has 3 heteroatoms. The zero-order valence-corrected chi connectivity index (χ0v) is 27.4. The molecule has 0 bridgehead atoms. The minimum Gasteiger partial charge on any atom is -0.455 e. The van der Waals surface area contributed by atoms with Crippen LogP contribution in [0.25, 0.3) is 61.2 Å². The van der Waals surface area contributed by atoms with Gasteiger partial charge >= 0.3 is 0 Å². The predicted octanol–water partition coefficient (Wildman–Crippen LogP) is 11.5. The minimum atomic E-state index is 0.686. The van der Waals surface area contributed by atoms with Gasteiger partial charge in [0.15, 0.2) is 16.6 Å². The van der Waals surface area contributed by atoms with Gasteiger partial charge in [0.05, 0.1) is 7.05 Å². The first-order chi connectivity index (χ1) is 23.2. The largest absolute Gasteiger partial charge is 0.455 e. The molecule has 47 heavy (non-hydrogen) atoms. The Morgan fingerprint density at radius 3 is 2.17 bits per heavy atom. The van der Waals surface area contributed by atoms with Crippen molar-refractivity contribution < 1.29 is 8.98 Å². The summed E-state index contributed by atoms with van der Waals surface area (Å²) in [5.74, 6) is 3.77. The summed E-state index contributed by atoms with van der Waals surface area (Å²) in [6.45, 7) is 0. The van der Waals surface area contributed by atoms with Crippen LogP contribution in [-0.2, 0) is 7.05 Å². The first-order valence-corrected chi connectivity index (χ1v) is 17.8. The Kier molecular flexibility index (Phi) is 7.22. The quantitative estimate of drug-likeness (QED) is 0.177. The van der Waals surface area contributed by atoms with E-state index in [1.807, 2.05) is 0 Å². The maximum Gasteiger partial charge on any atom is 0.298 e. The molecular formula is C44H43N2O+. The molecule has 2 aromatic heterocycles. The number of nitrogens with zero attached hydrogens (tertiary/aromatic N) is 2. The third-order valence-electron chi connectivity index (χ3n) is 11.6. The van der Waals surface area contributed by atoms with E-state index in [1.54, 1.807) is 0 Å². The highest BCUT2D eigenvalue weighted by molar-refractivity contribution is 6.10. The molecule has 7 aromatic rings. The van der Waals surface area contributed by atoms with Gasteiger partial charge in [0.1, 0.15) is 16.8 Å². The molecule has 0 aliphatic heterocycles. The lowest BCUT2D eigenvalue weighted by molar-refractivity contribution is -0.633. The van der Waals surface area contributed by atoms with Gasteiger partial charge in [0.25, 0.3) is 5.82 Å². The minimum absolute atomic E-state index is 0.686. The van der Waals surface area contributed by atoms with E-state index in [0.717, 1.165) is 45.2 Å². The highest BCUT2D eigenvalue weighted by Crippen LogP contribution is 2.43. The standard InChI is InChI=1S/C44H43N2O/c1-45-40-17-8-9-18-41(40)46(36-26-23-34(24-27-36)33-21-19-32(20-22-33)30-11-4-2-5-12-30)44(45)39-16-10-15-38-37-28-25-35(29-42(37)47-43(38)39)31-13-6-3-7-14-31/h3,6-10,13-18,23-30,32-33H,2,4-5,11-12,19-22H2,1H3/q+1. The van der Waals surface area contributed by atoms with Gasteiger partial charge in [-0.1, -0.05) is 105 Å². The first-order valence-electron chi connectivity index (χ1n) is 17.8. The van der Waals surface area contributed by atoms with E-state index < -0.39 is 0 Å². The molecule has 0 unspecified atom stereocenters. The fourth-order valence-electron chi connectivity index (χ4n) is 9.09. The van der Waals surface area contributed by atoms with Crippen molar-refractivity contribution in [2.24, 2.45) is 18.9 Å². The van der Waals surface area contributed by atoms with Crippen molar-refractivity contribution in [2.45, 2.75) is 63.7 Å². The van der Waals surface area contributed by atoms with Crippen molar-refractivity contribution in [3.05, 3.63) is 121 Å². The highest BCUT2D eigenvalue weighted by atomic mass is 16.3. The van der Waals surface area contributed by atoms with Crippen LogP contribution in [0.15, 0.2) is 120 Å². The molecule has 0 radical (unpaired) electrons. The molecular weight excluding hydrogens is 572 g/mol. The number of aromatic nitrogens is 2. The average molecular weight is 616 g/mol. The number of hydrogen-bond donors (Lipinski definition) is 0. The van der Waals surface area contributed by atoms with Crippen LogP contribution in [0.3, 0.4) is 0 Å². The summed E-state index contributed by atoms with van der Waals surface area (Å²) in [6, 6.07) is 42.0. The first kappa shape index (κ1) is 28.6. The smallest absolute Gasteiger partial charge is 0.298 e. The van der Waals surface area contributed by atoms with Gasteiger partial charge in [0.2, 0.25) is 0 Å². The van der Waals surface area contributed by atoms with Crippen LogP contribution < -0.4 is 4.57 Å². The van der Waals surface area contributed by atoms with Gasteiger partial charge in [-0.15, -0.1) is 0 Å². The Balaban J connectivity index is 1.10. The van der Waals surface area contributed by atoms with Gasteiger partial charge in [0, 0.05) is 10.8 Å². The zero-order chi connectivity index (χ0) is 31.3. The SMILES string of the molecule is C[n+]1c(-c2cccc3c2oc2cc(-c4ccccc4)ccc23)n(-c2ccc(C3CCC(C4CCCCC4)CC3)cc2)c2ccccc21. The second kappa shape index (κ2) is 11.9. The molecule has 2 aliphatic rings. The van der Waals surface area contributed by atoms with E-state index in [2.05, 4.69) is 131 Å².